The molecule has 0 radical (unpaired) electrons. The maximum Gasteiger partial charge on any atom is 0.229 e. The largest absolute Gasteiger partial charge is 0.326 e. The number of aryl methyl sites for hydroxylation is 1. The summed E-state index contributed by atoms with van der Waals surface area (Å²) in [5.41, 5.74) is 2.79. The van der Waals surface area contributed by atoms with E-state index < -0.39 is 5.92 Å². The van der Waals surface area contributed by atoms with Crippen LogP contribution < -0.4 is 15.5 Å². The summed E-state index contributed by atoms with van der Waals surface area (Å²) in [6, 6.07) is 12.3. The Morgan fingerprint density at radius 1 is 1.11 bits per heavy atom. The van der Waals surface area contributed by atoms with Crippen LogP contribution in [0.4, 0.5) is 17.1 Å². The van der Waals surface area contributed by atoms with Gasteiger partial charge < -0.3 is 15.5 Å². The van der Waals surface area contributed by atoms with E-state index in [1.807, 2.05) is 13.0 Å². The van der Waals surface area contributed by atoms with E-state index >= 15 is 0 Å². The Morgan fingerprint density at radius 3 is 2.56 bits per heavy atom. The molecule has 1 heterocycles. The van der Waals surface area contributed by atoms with Crippen molar-refractivity contribution < 1.29 is 14.4 Å². The highest BCUT2D eigenvalue weighted by atomic mass is 35.5. The van der Waals surface area contributed by atoms with Crippen LogP contribution in [-0.4, -0.2) is 24.3 Å². The molecule has 7 heteroatoms. The minimum Gasteiger partial charge on any atom is -0.326 e. The lowest BCUT2D eigenvalue weighted by Crippen LogP contribution is -2.28. The molecule has 2 N–H and O–H groups in total. The molecule has 0 bridgehead atoms. The van der Waals surface area contributed by atoms with Crippen LogP contribution in [0.5, 0.6) is 0 Å². The van der Waals surface area contributed by atoms with Gasteiger partial charge in [-0.15, -0.1) is 0 Å². The summed E-state index contributed by atoms with van der Waals surface area (Å²) in [5, 5.41) is 6.09. The van der Waals surface area contributed by atoms with Crippen LogP contribution in [0.3, 0.4) is 0 Å². The molecule has 3 amide bonds. The van der Waals surface area contributed by atoms with Crippen LogP contribution in [0.25, 0.3) is 0 Å². The maximum absolute atomic E-state index is 12.6. The number of hydrogen-bond acceptors (Lipinski definition) is 3. The van der Waals surface area contributed by atoms with E-state index in [0.29, 0.717) is 22.1 Å². The van der Waals surface area contributed by atoms with Gasteiger partial charge in [0.25, 0.3) is 0 Å². The standard InChI is InChI=1S/C20H20ClN3O3/c1-12-6-7-16(10-18(12)21)23-20(27)14-8-19(26)24(11-14)17-5-3-4-15(9-17)22-13(2)25/h3-7,9-10,14H,8,11H2,1-2H3,(H,22,25)(H,23,27)/t14-/m1/s1. The molecule has 2 aromatic carbocycles. The van der Waals surface area contributed by atoms with Gasteiger partial charge >= 0.3 is 0 Å². The van der Waals surface area contributed by atoms with Gasteiger partial charge in [-0.25, -0.2) is 0 Å². The zero-order chi connectivity index (χ0) is 19.6. The van der Waals surface area contributed by atoms with Crippen molar-refractivity contribution in [1.82, 2.24) is 0 Å². The van der Waals surface area contributed by atoms with E-state index in [1.165, 1.54) is 6.92 Å². The second kappa shape index (κ2) is 7.80. The summed E-state index contributed by atoms with van der Waals surface area (Å²) in [4.78, 5) is 37.8. The molecule has 1 saturated heterocycles. The predicted octanol–water partition coefficient (Wildman–Crippen LogP) is 3.60. The first-order valence-corrected chi connectivity index (χ1v) is 8.96. The quantitative estimate of drug-likeness (QED) is 0.844. The van der Waals surface area contributed by atoms with Gasteiger partial charge in [-0.05, 0) is 42.8 Å². The fraction of sp³-hybridized carbons (Fsp3) is 0.250. The number of amides is 3. The normalized spacial score (nSPS) is 16.3. The SMILES string of the molecule is CC(=O)Nc1cccc(N2C[C@H](C(=O)Nc3ccc(C)c(Cl)c3)CC2=O)c1. The minimum absolute atomic E-state index is 0.128. The summed E-state index contributed by atoms with van der Waals surface area (Å²) in [6.07, 6.45) is 0.135. The molecule has 1 fully saturated rings. The Balaban J connectivity index is 1.70. The predicted molar refractivity (Wildman–Crippen MR) is 106 cm³/mol. The molecule has 0 aliphatic carbocycles. The van der Waals surface area contributed by atoms with Crippen LogP contribution >= 0.6 is 11.6 Å². The highest BCUT2D eigenvalue weighted by Gasteiger charge is 2.35. The molecule has 1 aliphatic rings. The average molecular weight is 386 g/mol. The zero-order valence-electron chi connectivity index (χ0n) is 15.1. The first kappa shape index (κ1) is 18.9. The molecule has 0 spiro atoms. The molecule has 0 saturated carbocycles. The number of carbonyl (C=O) groups excluding carboxylic acids is 3. The molecular formula is C20H20ClN3O3. The van der Waals surface area contributed by atoms with Crippen molar-refractivity contribution in [2.24, 2.45) is 5.92 Å². The Morgan fingerprint density at radius 2 is 1.85 bits per heavy atom. The van der Waals surface area contributed by atoms with E-state index in [-0.39, 0.29) is 30.7 Å². The fourth-order valence-corrected chi connectivity index (χ4v) is 3.18. The third-order valence-corrected chi connectivity index (χ3v) is 4.82. The van der Waals surface area contributed by atoms with Gasteiger partial charge in [0.1, 0.15) is 0 Å². The Hall–Kier alpha value is -2.86. The van der Waals surface area contributed by atoms with E-state index in [2.05, 4.69) is 10.6 Å². The summed E-state index contributed by atoms with van der Waals surface area (Å²) in [5.74, 6) is -0.989. The fourth-order valence-electron chi connectivity index (χ4n) is 3.00. The lowest BCUT2D eigenvalue weighted by molar-refractivity contribution is -0.122. The van der Waals surface area contributed by atoms with E-state index in [1.54, 1.807) is 41.3 Å². The van der Waals surface area contributed by atoms with Gasteiger partial charge in [-0.3, -0.25) is 14.4 Å². The van der Waals surface area contributed by atoms with Crippen LogP contribution in [0.1, 0.15) is 18.9 Å². The summed E-state index contributed by atoms with van der Waals surface area (Å²) < 4.78 is 0. The van der Waals surface area contributed by atoms with Gasteiger partial charge in [-0.2, -0.15) is 0 Å². The topological polar surface area (TPSA) is 78.5 Å². The molecule has 3 rings (SSSR count). The van der Waals surface area contributed by atoms with Crippen LogP contribution in [0, 0.1) is 12.8 Å². The van der Waals surface area contributed by atoms with Crippen molar-refractivity contribution in [3.05, 3.63) is 53.1 Å². The van der Waals surface area contributed by atoms with Crippen molar-refractivity contribution in [3.8, 4) is 0 Å². The lowest BCUT2D eigenvalue weighted by Gasteiger charge is -2.18. The third kappa shape index (κ3) is 4.46. The molecule has 27 heavy (non-hydrogen) atoms. The molecule has 0 aromatic heterocycles. The third-order valence-electron chi connectivity index (χ3n) is 4.41. The second-order valence-electron chi connectivity index (χ2n) is 6.59. The first-order chi connectivity index (χ1) is 12.8. The Labute approximate surface area is 162 Å². The number of rotatable bonds is 4. The van der Waals surface area contributed by atoms with E-state index in [9.17, 15) is 14.4 Å². The maximum atomic E-state index is 12.6. The molecule has 1 aliphatic heterocycles. The molecule has 140 valence electrons. The van der Waals surface area contributed by atoms with Crippen molar-refractivity contribution in [2.45, 2.75) is 20.3 Å². The molecule has 1 atom stereocenters. The van der Waals surface area contributed by atoms with Crippen molar-refractivity contribution in [2.75, 3.05) is 22.1 Å². The van der Waals surface area contributed by atoms with E-state index in [0.717, 1.165) is 5.56 Å². The van der Waals surface area contributed by atoms with Gasteiger partial charge in [0, 0.05) is 42.0 Å². The van der Waals surface area contributed by atoms with Crippen LogP contribution in [0.15, 0.2) is 42.5 Å². The summed E-state index contributed by atoms with van der Waals surface area (Å²) >= 11 is 6.09. The number of carbonyl (C=O) groups is 3. The molecular weight excluding hydrogens is 366 g/mol. The van der Waals surface area contributed by atoms with E-state index in [4.69, 9.17) is 11.6 Å². The van der Waals surface area contributed by atoms with Crippen molar-refractivity contribution in [3.63, 3.8) is 0 Å². The number of benzene rings is 2. The number of anilines is 3. The highest BCUT2D eigenvalue weighted by molar-refractivity contribution is 6.31. The zero-order valence-corrected chi connectivity index (χ0v) is 15.8. The van der Waals surface area contributed by atoms with Crippen LogP contribution in [-0.2, 0) is 14.4 Å². The van der Waals surface area contributed by atoms with Gasteiger partial charge in [0.05, 0.1) is 5.92 Å². The van der Waals surface area contributed by atoms with Crippen molar-refractivity contribution in [1.29, 1.82) is 0 Å². The minimum atomic E-state index is -0.456. The second-order valence-corrected chi connectivity index (χ2v) is 7.00. The summed E-state index contributed by atoms with van der Waals surface area (Å²) in [6.45, 7) is 3.59. The smallest absolute Gasteiger partial charge is 0.229 e. The Kier molecular flexibility index (Phi) is 5.46. The number of hydrogen-bond donors (Lipinski definition) is 2. The monoisotopic (exact) mass is 385 g/mol. The highest BCUT2D eigenvalue weighted by Crippen LogP contribution is 2.28. The number of nitrogens with zero attached hydrogens (tertiary/aromatic N) is 1. The van der Waals surface area contributed by atoms with Gasteiger partial charge in [0.15, 0.2) is 0 Å². The number of halogens is 1. The lowest BCUT2D eigenvalue weighted by atomic mass is 10.1. The molecule has 0 unspecified atom stereocenters. The summed E-state index contributed by atoms with van der Waals surface area (Å²) in [7, 11) is 0. The van der Waals surface area contributed by atoms with Gasteiger partial charge in [0.2, 0.25) is 17.7 Å². The molecule has 6 nitrogen and oxygen atoms in total. The van der Waals surface area contributed by atoms with Crippen LogP contribution in [0.2, 0.25) is 5.02 Å². The van der Waals surface area contributed by atoms with Gasteiger partial charge in [-0.1, -0.05) is 23.7 Å². The average Bonchev–Trinajstić information content (AvgIpc) is 3.00. The first-order valence-electron chi connectivity index (χ1n) is 8.58. The Bertz CT molecular complexity index is 913. The van der Waals surface area contributed by atoms with Crippen molar-refractivity contribution >= 4 is 46.4 Å². The molecule has 2 aromatic rings. The number of nitrogens with one attached hydrogen (secondary N) is 2.